The van der Waals surface area contributed by atoms with Crippen LogP contribution in [0.2, 0.25) is 0 Å². The monoisotopic (exact) mass is 178 g/mol. The van der Waals surface area contributed by atoms with Crippen LogP contribution in [0, 0.1) is 0 Å². The van der Waals surface area contributed by atoms with Crippen LogP contribution in [-0.2, 0) is 6.42 Å². The van der Waals surface area contributed by atoms with Gasteiger partial charge in [0.1, 0.15) is 0 Å². The summed E-state index contributed by atoms with van der Waals surface area (Å²) in [6.07, 6.45) is 1.16. The van der Waals surface area contributed by atoms with Gasteiger partial charge < -0.3 is 4.48 Å². The zero-order chi connectivity index (χ0) is 9.90. The number of likely N-dealkylation sites (N-methyl/N-ethyl adjacent to an activating group) is 1. The average molecular weight is 178 g/mol. The Hall–Kier alpha value is -0.820. The van der Waals surface area contributed by atoms with Crippen LogP contribution in [0.15, 0.2) is 30.3 Å². The van der Waals surface area contributed by atoms with Gasteiger partial charge in [0.2, 0.25) is 0 Å². The van der Waals surface area contributed by atoms with Crippen molar-refractivity contribution in [1.29, 1.82) is 0 Å². The fraction of sp³-hybridized carbons (Fsp3) is 0.500. The molecule has 0 aromatic heterocycles. The summed E-state index contributed by atoms with van der Waals surface area (Å²) >= 11 is 0. The van der Waals surface area contributed by atoms with Gasteiger partial charge in [-0.05, 0) is 12.5 Å². The summed E-state index contributed by atoms with van der Waals surface area (Å²) in [5.41, 5.74) is 1.43. The minimum atomic E-state index is 0.669. The first-order valence-corrected chi connectivity index (χ1v) is 4.85. The summed E-state index contributed by atoms with van der Waals surface area (Å²) < 4.78 is 1.02. The molecule has 72 valence electrons. The summed E-state index contributed by atoms with van der Waals surface area (Å²) in [6, 6.07) is 11.4. The van der Waals surface area contributed by atoms with Crippen LogP contribution in [-0.4, -0.2) is 31.7 Å². The van der Waals surface area contributed by atoms with Crippen LogP contribution in [0.4, 0.5) is 0 Å². The maximum Gasteiger partial charge on any atom is 0.0896 e. The molecule has 0 N–H and O–H groups in total. The maximum atomic E-state index is 2.30. The molecule has 1 aromatic rings. The average Bonchev–Trinajstić information content (AvgIpc) is 2.04. The van der Waals surface area contributed by atoms with E-state index in [1.54, 1.807) is 0 Å². The summed E-state index contributed by atoms with van der Waals surface area (Å²) in [5.74, 6) is 0. The standard InChI is InChI=1S/C12H20N/c1-11(13(2,3)4)10-12-8-6-5-7-9-12/h5-9,11H,10H2,1-4H3/q+1. The van der Waals surface area contributed by atoms with Crippen molar-refractivity contribution in [3.8, 4) is 0 Å². The molecule has 0 radical (unpaired) electrons. The third-order valence-corrected chi connectivity index (χ3v) is 2.70. The van der Waals surface area contributed by atoms with Crippen LogP contribution in [0.3, 0.4) is 0 Å². The highest BCUT2D eigenvalue weighted by Crippen LogP contribution is 2.10. The first-order valence-electron chi connectivity index (χ1n) is 4.85. The molecular weight excluding hydrogens is 158 g/mol. The molecule has 0 aliphatic rings. The molecule has 0 bridgehead atoms. The first kappa shape index (κ1) is 10.3. The Kier molecular flexibility index (Phi) is 3.10. The maximum absolute atomic E-state index is 2.30. The van der Waals surface area contributed by atoms with E-state index in [9.17, 15) is 0 Å². The van der Waals surface area contributed by atoms with E-state index in [0.717, 1.165) is 10.9 Å². The van der Waals surface area contributed by atoms with Gasteiger partial charge in [0, 0.05) is 6.42 Å². The molecule has 0 spiro atoms. The minimum Gasteiger partial charge on any atom is -0.328 e. The summed E-state index contributed by atoms with van der Waals surface area (Å²) in [5, 5.41) is 0. The second kappa shape index (κ2) is 3.93. The fourth-order valence-corrected chi connectivity index (χ4v) is 1.23. The normalized spacial score (nSPS) is 14.2. The van der Waals surface area contributed by atoms with E-state index in [0.29, 0.717) is 6.04 Å². The second-order valence-corrected chi connectivity index (χ2v) is 4.65. The predicted molar refractivity (Wildman–Crippen MR) is 57.6 cm³/mol. The van der Waals surface area contributed by atoms with Crippen molar-refractivity contribution >= 4 is 0 Å². The van der Waals surface area contributed by atoms with Gasteiger partial charge in [-0.3, -0.25) is 0 Å². The summed E-state index contributed by atoms with van der Waals surface area (Å²) in [6.45, 7) is 2.30. The van der Waals surface area contributed by atoms with Gasteiger partial charge in [0.15, 0.2) is 0 Å². The van der Waals surface area contributed by atoms with Crippen molar-refractivity contribution < 1.29 is 4.48 Å². The molecule has 13 heavy (non-hydrogen) atoms. The third kappa shape index (κ3) is 3.19. The second-order valence-electron chi connectivity index (χ2n) is 4.65. The van der Waals surface area contributed by atoms with Gasteiger partial charge in [-0.25, -0.2) is 0 Å². The molecule has 0 heterocycles. The molecule has 0 aliphatic heterocycles. The van der Waals surface area contributed by atoms with Crippen molar-refractivity contribution in [2.24, 2.45) is 0 Å². The molecule has 0 saturated carbocycles. The van der Waals surface area contributed by atoms with Crippen LogP contribution >= 0.6 is 0 Å². The Balaban J connectivity index is 2.61. The minimum absolute atomic E-state index is 0.669. The number of quaternary nitrogens is 1. The molecule has 1 heteroatoms. The number of rotatable bonds is 3. The Labute approximate surface area is 81.6 Å². The Morgan fingerprint density at radius 1 is 1.08 bits per heavy atom. The van der Waals surface area contributed by atoms with Crippen molar-refractivity contribution in [2.75, 3.05) is 21.1 Å². The van der Waals surface area contributed by atoms with Crippen LogP contribution < -0.4 is 0 Å². The van der Waals surface area contributed by atoms with Crippen molar-refractivity contribution in [1.82, 2.24) is 0 Å². The molecule has 1 aromatic carbocycles. The molecule has 0 fully saturated rings. The topological polar surface area (TPSA) is 0 Å². The van der Waals surface area contributed by atoms with Crippen LogP contribution in [0.1, 0.15) is 12.5 Å². The first-order chi connectivity index (χ1) is 6.00. The van der Waals surface area contributed by atoms with E-state index in [2.05, 4.69) is 58.4 Å². The fourth-order valence-electron chi connectivity index (χ4n) is 1.23. The summed E-state index contributed by atoms with van der Waals surface area (Å²) in [7, 11) is 6.73. The highest BCUT2D eigenvalue weighted by molar-refractivity contribution is 5.15. The van der Waals surface area contributed by atoms with E-state index in [4.69, 9.17) is 0 Å². The van der Waals surface area contributed by atoms with E-state index in [-0.39, 0.29) is 0 Å². The third-order valence-electron chi connectivity index (χ3n) is 2.70. The number of hydrogen-bond donors (Lipinski definition) is 0. The van der Waals surface area contributed by atoms with Crippen LogP contribution in [0.25, 0.3) is 0 Å². The lowest BCUT2D eigenvalue weighted by molar-refractivity contribution is -0.893. The quantitative estimate of drug-likeness (QED) is 0.623. The lowest BCUT2D eigenvalue weighted by Gasteiger charge is -2.31. The molecule has 0 aliphatic carbocycles. The smallest absolute Gasteiger partial charge is 0.0896 e. The molecule has 1 atom stereocenters. The van der Waals surface area contributed by atoms with Gasteiger partial charge in [0.05, 0.1) is 27.2 Å². The molecule has 0 saturated heterocycles. The lowest BCUT2D eigenvalue weighted by Crippen LogP contribution is -2.44. The number of nitrogens with zero attached hydrogens (tertiary/aromatic N) is 1. The van der Waals surface area contributed by atoms with Gasteiger partial charge in [-0.2, -0.15) is 0 Å². The van der Waals surface area contributed by atoms with E-state index in [1.807, 2.05) is 0 Å². The zero-order valence-electron chi connectivity index (χ0n) is 9.12. The predicted octanol–water partition coefficient (Wildman–Crippen LogP) is 2.32. The number of benzene rings is 1. The van der Waals surface area contributed by atoms with Gasteiger partial charge >= 0.3 is 0 Å². The molecule has 0 amide bonds. The van der Waals surface area contributed by atoms with Crippen molar-refractivity contribution in [3.63, 3.8) is 0 Å². The Morgan fingerprint density at radius 3 is 2.08 bits per heavy atom. The zero-order valence-corrected chi connectivity index (χ0v) is 9.12. The highest BCUT2D eigenvalue weighted by Gasteiger charge is 2.17. The largest absolute Gasteiger partial charge is 0.328 e. The number of hydrogen-bond acceptors (Lipinski definition) is 0. The molecule has 1 nitrogen and oxygen atoms in total. The lowest BCUT2D eigenvalue weighted by atomic mass is 10.1. The molecular formula is C12H20N+. The van der Waals surface area contributed by atoms with E-state index >= 15 is 0 Å². The van der Waals surface area contributed by atoms with E-state index in [1.165, 1.54) is 5.56 Å². The summed E-state index contributed by atoms with van der Waals surface area (Å²) in [4.78, 5) is 0. The van der Waals surface area contributed by atoms with Gasteiger partial charge in [-0.1, -0.05) is 30.3 Å². The SMILES string of the molecule is CC(Cc1ccccc1)[N+](C)(C)C. The van der Waals surface area contributed by atoms with Crippen molar-refractivity contribution in [2.45, 2.75) is 19.4 Å². The molecule has 1 rings (SSSR count). The van der Waals surface area contributed by atoms with E-state index < -0.39 is 0 Å². The van der Waals surface area contributed by atoms with Gasteiger partial charge in [-0.15, -0.1) is 0 Å². The van der Waals surface area contributed by atoms with Crippen molar-refractivity contribution in [3.05, 3.63) is 35.9 Å². The highest BCUT2D eigenvalue weighted by atomic mass is 15.3. The molecule has 1 unspecified atom stereocenters. The Bertz CT molecular complexity index is 246. The Morgan fingerprint density at radius 2 is 1.62 bits per heavy atom. The van der Waals surface area contributed by atoms with Crippen LogP contribution in [0.5, 0.6) is 0 Å². The van der Waals surface area contributed by atoms with Gasteiger partial charge in [0.25, 0.3) is 0 Å².